The molecule has 1 aliphatic rings. The van der Waals surface area contributed by atoms with E-state index in [-0.39, 0.29) is 0 Å². The Morgan fingerprint density at radius 1 is 1.38 bits per heavy atom. The van der Waals surface area contributed by atoms with Gasteiger partial charge in [-0.2, -0.15) is 0 Å². The number of aromatic nitrogens is 1. The van der Waals surface area contributed by atoms with Gasteiger partial charge < -0.3 is 15.4 Å². The molecule has 0 aromatic carbocycles. The summed E-state index contributed by atoms with van der Waals surface area (Å²) in [5.74, 6) is 0.836. The van der Waals surface area contributed by atoms with Crippen molar-refractivity contribution in [2.24, 2.45) is 10.4 Å². The third-order valence-electron chi connectivity index (χ3n) is 3.96. The molecule has 0 bridgehead atoms. The van der Waals surface area contributed by atoms with Crippen molar-refractivity contribution in [1.29, 1.82) is 0 Å². The van der Waals surface area contributed by atoms with Gasteiger partial charge in [-0.3, -0.25) is 9.98 Å². The lowest BCUT2D eigenvalue weighted by Crippen LogP contribution is -2.40. The Balaban J connectivity index is 1.71. The van der Waals surface area contributed by atoms with E-state index in [0.717, 1.165) is 37.8 Å². The maximum absolute atomic E-state index is 5.47. The lowest BCUT2D eigenvalue weighted by atomic mass is 10.0. The highest BCUT2D eigenvalue weighted by molar-refractivity contribution is 5.79. The molecular weight excluding hydrogens is 264 g/mol. The van der Waals surface area contributed by atoms with E-state index in [1.807, 2.05) is 25.1 Å². The van der Waals surface area contributed by atoms with E-state index in [9.17, 15) is 0 Å². The summed E-state index contributed by atoms with van der Waals surface area (Å²) >= 11 is 0. The smallest absolute Gasteiger partial charge is 0.191 e. The lowest BCUT2D eigenvalue weighted by molar-refractivity contribution is 0.128. The first kappa shape index (κ1) is 15.8. The summed E-state index contributed by atoms with van der Waals surface area (Å²) in [7, 11) is 1.80. The Hall–Kier alpha value is -1.62. The van der Waals surface area contributed by atoms with Gasteiger partial charge in [0.05, 0.1) is 12.2 Å². The maximum Gasteiger partial charge on any atom is 0.191 e. The number of nitrogens with one attached hydrogen (secondary N) is 2. The van der Waals surface area contributed by atoms with Crippen LogP contribution in [0.3, 0.4) is 0 Å². The molecule has 1 fully saturated rings. The van der Waals surface area contributed by atoms with Crippen molar-refractivity contribution in [2.45, 2.75) is 32.7 Å². The van der Waals surface area contributed by atoms with Crippen molar-refractivity contribution in [3.63, 3.8) is 0 Å². The first-order chi connectivity index (χ1) is 10.3. The van der Waals surface area contributed by atoms with Gasteiger partial charge in [-0.05, 0) is 43.7 Å². The molecule has 0 atom stereocenters. The second-order valence-corrected chi connectivity index (χ2v) is 5.55. The molecule has 21 heavy (non-hydrogen) atoms. The summed E-state index contributed by atoms with van der Waals surface area (Å²) in [6, 6.07) is 5.92. The van der Waals surface area contributed by atoms with Gasteiger partial charge in [0.15, 0.2) is 5.96 Å². The van der Waals surface area contributed by atoms with Crippen molar-refractivity contribution >= 4 is 5.96 Å². The minimum atomic E-state index is 0.414. The maximum atomic E-state index is 5.47. The van der Waals surface area contributed by atoms with Crippen LogP contribution in [0.15, 0.2) is 29.4 Å². The van der Waals surface area contributed by atoms with Crippen molar-refractivity contribution in [1.82, 2.24) is 15.6 Å². The SMILES string of the molecule is CCOCCC1(CNC(=NC)NCc2ccccn2)CC1. The summed E-state index contributed by atoms with van der Waals surface area (Å²) in [6.07, 6.45) is 5.50. The van der Waals surface area contributed by atoms with Gasteiger partial charge >= 0.3 is 0 Å². The highest BCUT2D eigenvalue weighted by Gasteiger charge is 2.41. The molecule has 0 amide bonds. The number of rotatable bonds is 8. The zero-order valence-electron chi connectivity index (χ0n) is 13.1. The summed E-state index contributed by atoms with van der Waals surface area (Å²) in [4.78, 5) is 8.56. The van der Waals surface area contributed by atoms with E-state index in [1.165, 1.54) is 12.8 Å². The van der Waals surface area contributed by atoms with Crippen LogP contribution in [0, 0.1) is 5.41 Å². The number of hydrogen-bond acceptors (Lipinski definition) is 3. The predicted octanol–water partition coefficient (Wildman–Crippen LogP) is 1.95. The second-order valence-electron chi connectivity index (χ2n) is 5.55. The Labute approximate surface area is 127 Å². The average Bonchev–Trinajstić information content (AvgIpc) is 3.29. The molecule has 2 N–H and O–H groups in total. The topological polar surface area (TPSA) is 58.5 Å². The predicted molar refractivity (Wildman–Crippen MR) is 85.2 cm³/mol. The van der Waals surface area contributed by atoms with Gasteiger partial charge in [0.2, 0.25) is 0 Å². The van der Waals surface area contributed by atoms with Crippen LogP contribution in [0.1, 0.15) is 31.9 Å². The van der Waals surface area contributed by atoms with Crippen molar-refractivity contribution in [3.8, 4) is 0 Å². The first-order valence-electron chi connectivity index (χ1n) is 7.70. The van der Waals surface area contributed by atoms with Gasteiger partial charge in [-0.25, -0.2) is 0 Å². The minimum absolute atomic E-state index is 0.414. The molecule has 1 saturated carbocycles. The van der Waals surface area contributed by atoms with Crippen LogP contribution in [0.5, 0.6) is 0 Å². The van der Waals surface area contributed by atoms with Gasteiger partial charge in [0.25, 0.3) is 0 Å². The Bertz CT molecular complexity index is 443. The summed E-state index contributed by atoms with van der Waals surface area (Å²) in [5, 5.41) is 6.72. The largest absolute Gasteiger partial charge is 0.382 e. The fraction of sp³-hybridized carbons (Fsp3) is 0.625. The van der Waals surface area contributed by atoms with E-state index in [1.54, 1.807) is 13.2 Å². The van der Waals surface area contributed by atoms with Crippen molar-refractivity contribution in [2.75, 3.05) is 26.8 Å². The molecule has 0 radical (unpaired) electrons. The van der Waals surface area contributed by atoms with Crippen LogP contribution in [0.25, 0.3) is 0 Å². The zero-order chi connectivity index (χ0) is 15.0. The third-order valence-corrected chi connectivity index (χ3v) is 3.96. The third kappa shape index (κ3) is 5.34. The van der Waals surface area contributed by atoms with Crippen molar-refractivity contribution in [3.05, 3.63) is 30.1 Å². The van der Waals surface area contributed by atoms with Gasteiger partial charge in [-0.15, -0.1) is 0 Å². The van der Waals surface area contributed by atoms with Crippen LogP contribution in [0.4, 0.5) is 0 Å². The summed E-state index contributed by atoms with van der Waals surface area (Å²) in [6.45, 7) is 5.35. The highest BCUT2D eigenvalue weighted by Crippen LogP contribution is 2.48. The molecule has 5 nitrogen and oxygen atoms in total. The molecule has 0 saturated heterocycles. The molecule has 1 heterocycles. The normalized spacial score (nSPS) is 16.6. The number of nitrogens with zero attached hydrogens (tertiary/aromatic N) is 2. The number of guanidine groups is 1. The van der Waals surface area contributed by atoms with Crippen LogP contribution >= 0.6 is 0 Å². The Morgan fingerprint density at radius 2 is 2.24 bits per heavy atom. The van der Waals surface area contributed by atoms with E-state index in [4.69, 9.17) is 4.74 Å². The molecule has 5 heteroatoms. The number of aliphatic imine (C=N–C) groups is 1. The van der Waals surface area contributed by atoms with Gasteiger partial charge in [0.1, 0.15) is 0 Å². The molecule has 0 unspecified atom stereocenters. The van der Waals surface area contributed by atoms with E-state index >= 15 is 0 Å². The fourth-order valence-electron chi connectivity index (χ4n) is 2.29. The average molecular weight is 290 g/mol. The van der Waals surface area contributed by atoms with E-state index in [0.29, 0.717) is 12.0 Å². The van der Waals surface area contributed by atoms with Gasteiger partial charge in [-0.1, -0.05) is 6.07 Å². The molecule has 0 spiro atoms. The van der Waals surface area contributed by atoms with Crippen LogP contribution in [0.2, 0.25) is 0 Å². The van der Waals surface area contributed by atoms with Crippen LogP contribution in [-0.4, -0.2) is 37.7 Å². The second kappa shape index (κ2) is 7.98. The van der Waals surface area contributed by atoms with Crippen LogP contribution < -0.4 is 10.6 Å². The molecule has 2 rings (SSSR count). The quantitative estimate of drug-likeness (QED) is 0.436. The molecular formula is C16H26N4O. The standard InChI is InChI=1S/C16H26N4O/c1-3-21-11-9-16(7-8-16)13-20-15(17-2)19-12-14-6-4-5-10-18-14/h4-6,10H,3,7-9,11-13H2,1-2H3,(H2,17,19,20). The van der Waals surface area contributed by atoms with Gasteiger partial charge in [0, 0.05) is 33.0 Å². The zero-order valence-corrected chi connectivity index (χ0v) is 13.1. The number of pyridine rings is 1. The molecule has 1 aliphatic carbocycles. The molecule has 1 aromatic heterocycles. The molecule has 0 aliphatic heterocycles. The Kier molecular flexibility index (Phi) is 5.99. The minimum Gasteiger partial charge on any atom is -0.382 e. The van der Waals surface area contributed by atoms with E-state index < -0.39 is 0 Å². The summed E-state index contributed by atoms with van der Waals surface area (Å²) in [5.41, 5.74) is 1.43. The molecule has 1 aromatic rings. The van der Waals surface area contributed by atoms with Crippen molar-refractivity contribution < 1.29 is 4.74 Å². The first-order valence-corrected chi connectivity index (χ1v) is 7.70. The fourth-order valence-corrected chi connectivity index (χ4v) is 2.29. The highest BCUT2D eigenvalue weighted by atomic mass is 16.5. The number of ether oxygens (including phenoxy) is 1. The monoisotopic (exact) mass is 290 g/mol. The summed E-state index contributed by atoms with van der Waals surface area (Å²) < 4.78 is 5.47. The Morgan fingerprint density at radius 3 is 2.86 bits per heavy atom. The molecule has 116 valence electrons. The lowest BCUT2D eigenvalue weighted by Gasteiger charge is -2.18. The van der Waals surface area contributed by atoms with Crippen LogP contribution in [-0.2, 0) is 11.3 Å². The number of hydrogen-bond donors (Lipinski definition) is 2. The van der Waals surface area contributed by atoms with E-state index in [2.05, 4.69) is 20.6 Å².